The zero-order valence-corrected chi connectivity index (χ0v) is 31.0. The minimum Gasteiger partial charge on any atom is -0.478 e. The molecule has 2 fully saturated rings. The van der Waals surface area contributed by atoms with Gasteiger partial charge in [0.1, 0.15) is 17.7 Å². The molecule has 1 unspecified atom stereocenters. The van der Waals surface area contributed by atoms with E-state index in [1.165, 1.54) is 17.8 Å². The minimum absolute atomic E-state index is 0.0350. The summed E-state index contributed by atoms with van der Waals surface area (Å²) in [5.74, 6) is -1.51. The topological polar surface area (TPSA) is 165 Å². The van der Waals surface area contributed by atoms with Crippen molar-refractivity contribution in [1.29, 1.82) is 0 Å². The first-order chi connectivity index (χ1) is 27.2. The summed E-state index contributed by atoms with van der Waals surface area (Å²) in [6.45, 7) is 0.00142. The number of hydrogen-bond acceptors (Lipinski definition) is 10. The van der Waals surface area contributed by atoms with Gasteiger partial charge in [-0.05, 0) is 57.6 Å². The van der Waals surface area contributed by atoms with Crippen molar-refractivity contribution in [3.63, 3.8) is 0 Å². The number of aromatic nitrogens is 1. The molecule has 0 radical (unpaired) electrons. The molecular weight excluding hydrogens is 735 g/mol. The normalized spacial score (nSPS) is 19.5. The van der Waals surface area contributed by atoms with E-state index in [9.17, 15) is 29.4 Å². The number of ether oxygens (including phenoxy) is 3. The Hall–Kier alpha value is -5.86. The molecule has 13 heteroatoms. The van der Waals surface area contributed by atoms with Crippen LogP contribution >= 0.6 is 11.8 Å². The Kier molecular flexibility index (Phi) is 12.2. The molecule has 4 aromatic carbocycles. The maximum atomic E-state index is 13.2. The number of pyridine rings is 1. The van der Waals surface area contributed by atoms with Crippen LogP contribution < -0.4 is 5.32 Å². The SMILES string of the molecule is O=C(NC1CC(=O)N(Cc2cccc(-c3cccc([C@@H]4O[C@H](CSc5ncccc5C(=O)O)C[C@H](c5ccc(CO)cc5)O4)c3)c2)C1=O)OCc1ccccc1. The van der Waals surface area contributed by atoms with Gasteiger partial charge < -0.3 is 29.7 Å². The fraction of sp³-hybridized carbons (Fsp3) is 0.233. The van der Waals surface area contributed by atoms with E-state index in [2.05, 4.69) is 10.3 Å². The van der Waals surface area contributed by atoms with E-state index in [1.54, 1.807) is 12.3 Å². The number of carbonyl (C=O) groups excluding carboxylic acids is 3. The lowest BCUT2D eigenvalue weighted by Gasteiger charge is -2.36. The van der Waals surface area contributed by atoms with Crippen LogP contribution in [0.5, 0.6) is 0 Å². The fourth-order valence-corrected chi connectivity index (χ4v) is 7.63. The predicted octanol–water partition coefficient (Wildman–Crippen LogP) is 6.83. The number of imide groups is 1. The number of aliphatic hydroxyl groups is 1. The number of carbonyl (C=O) groups is 4. The first kappa shape index (κ1) is 38.4. The van der Waals surface area contributed by atoms with Crippen molar-refractivity contribution in [2.45, 2.75) is 62.2 Å². The highest BCUT2D eigenvalue weighted by Crippen LogP contribution is 2.40. The molecule has 56 heavy (non-hydrogen) atoms. The largest absolute Gasteiger partial charge is 0.478 e. The molecular formula is C43H39N3O9S. The summed E-state index contributed by atoms with van der Waals surface area (Å²) in [5.41, 5.74) is 5.83. The van der Waals surface area contributed by atoms with Crippen LogP contribution in [0.3, 0.4) is 0 Å². The average molecular weight is 774 g/mol. The molecule has 5 aromatic rings. The first-order valence-corrected chi connectivity index (χ1v) is 19.0. The maximum absolute atomic E-state index is 13.2. The van der Waals surface area contributed by atoms with Gasteiger partial charge in [-0.3, -0.25) is 14.5 Å². The molecule has 0 saturated carbocycles. The van der Waals surface area contributed by atoms with Crippen LogP contribution in [-0.2, 0) is 43.6 Å². The van der Waals surface area contributed by atoms with Crippen molar-refractivity contribution in [3.8, 4) is 11.1 Å². The Morgan fingerprint density at radius 2 is 1.59 bits per heavy atom. The molecule has 3 heterocycles. The highest BCUT2D eigenvalue weighted by Gasteiger charge is 2.40. The third-order valence-corrected chi connectivity index (χ3v) is 10.7. The number of aromatic carboxylic acids is 1. The quantitative estimate of drug-likeness (QED) is 0.0849. The number of benzene rings is 4. The smallest absolute Gasteiger partial charge is 0.408 e. The summed E-state index contributed by atoms with van der Waals surface area (Å²) in [5, 5.41) is 22.2. The summed E-state index contributed by atoms with van der Waals surface area (Å²) in [7, 11) is 0. The van der Waals surface area contributed by atoms with Crippen LogP contribution in [0.25, 0.3) is 11.1 Å². The summed E-state index contributed by atoms with van der Waals surface area (Å²) in [4.78, 5) is 55.9. The first-order valence-electron chi connectivity index (χ1n) is 18.1. The van der Waals surface area contributed by atoms with E-state index in [4.69, 9.17) is 14.2 Å². The molecule has 3 amide bonds. The van der Waals surface area contributed by atoms with E-state index >= 15 is 0 Å². The Morgan fingerprint density at radius 3 is 2.36 bits per heavy atom. The number of nitrogens with one attached hydrogen (secondary N) is 1. The van der Waals surface area contributed by atoms with E-state index in [1.807, 2.05) is 103 Å². The third-order valence-electron chi connectivity index (χ3n) is 9.53. The molecule has 0 bridgehead atoms. The van der Waals surface area contributed by atoms with Gasteiger partial charge in [-0.15, -0.1) is 11.8 Å². The Labute approximate surface area is 327 Å². The Bertz CT molecular complexity index is 2200. The third kappa shape index (κ3) is 9.32. The second kappa shape index (κ2) is 17.7. The second-order valence-corrected chi connectivity index (χ2v) is 14.4. The number of likely N-dealkylation sites (tertiary alicyclic amines) is 1. The highest BCUT2D eigenvalue weighted by molar-refractivity contribution is 7.99. The molecule has 3 N–H and O–H groups in total. The Balaban J connectivity index is 1.04. The zero-order chi connectivity index (χ0) is 39.0. The number of nitrogens with zero attached hydrogens (tertiary/aromatic N) is 2. The van der Waals surface area contributed by atoms with Crippen molar-refractivity contribution in [2.24, 2.45) is 0 Å². The van der Waals surface area contributed by atoms with Gasteiger partial charge >= 0.3 is 12.1 Å². The summed E-state index contributed by atoms with van der Waals surface area (Å²) < 4.78 is 18.3. The van der Waals surface area contributed by atoms with Gasteiger partial charge in [-0.1, -0.05) is 91.0 Å². The van der Waals surface area contributed by atoms with Crippen molar-refractivity contribution in [3.05, 3.63) is 155 Å². The number of hydrogen-bond donors (Lipinski definition) is 3. The van der Waals surface area contributed by atoms with Crippen LogP contribution in [-0.4, -0.2) is 61.9 Å². The zero-order valence-electron chi connectivity index (χ0n) is 30.2. The highest BCUT2D eigenvalue weighted by atomic mass is 32.2. The van der Waals surface area contributed by atoms with E-state index in [0.29, 0.717) is 17.2 Å². The van der Waals surface area contributed by atoms with Gasteiger partial charge in [0.2, 0.25) is 5.91 Å². The number of amides is 3. The molecule has 4 atom stereocenters. The maximum Gasteiger partial charge on any atom is 0.408 e. The summed E-state index contributed by atoms with van der Waals surface area (Å²) in [6, 6.07) is 34.1. The number of aliphatic hydroxyl groups excluding tert-OH is 1. The fourth-order valence-electron chi connectivity index (χ4n) is 6.63. The van der Waals surface area contributed by atoms with Crippen molar-refractivity contribution >= 4 is 35.6 Å². The molecule has 286 valence electrons. The monoisotopic (exact) mass is 773 g/mol. The van der Waals surface area contributed by atoms with Crippen molar-refractivity contribution in [1.82, 2.24) is 15.2 Å². The van der Waals surface area contributed by atoms with E-state index in [-0.39, 0.29) is 44.0 Å². The van der Waals surface area contributed by atoms with E-state index < -0.39 is 36.2 Å². The molecule has 1 aromatic heterocycles. The Morgan fingerprint density at radius 1 is 0.839 bits per heavy atom. The standard InChI is InChI=1S/C43H39N3O9S/c47-24-27-14-16-30(17-15-27)37-21-34(26-56-39-35(41(50)51)13-6-18-44-39)54-42(55-37)33-12-5-11-32(20-33)31-10-4-9-29(19-31)23-46-38(48)22-36(40(46)49)45-43(52)53-25-28-7-2-1-3-8-28/h1-20,34,36-37,42,47H,21-26H2,(H,45,52)(H,50,51)/t34-,36?,37+,42+/m0/s1. The molecule has 7 rings (SSSR count). The van der Waals surface area contributed by atoms with Gasteiger partial charge in [0.05, 0.1) is 37.3 Å². The predicted molar refractivity (Wildman–Crippen MR) is 206 cm³/mol. The van der Waals surface area contributed by atoms with E-state index in [0.717, 1.165) is 43.8 Å². The molecule has 0 spiro atoms. The lowest BCUT2D eigenvalue weighted by atomic mass is 9.99. The van der Waals surface area contributed by atoms with Crippen molar-refractivity contribution < 1.29 is 43.6 Å². The lowest BCUT2D eigenvalue weighted by Crippen LogP contribution is -2.41. The van der Waals surface area contributed by atoms with Crippen molar-refractivity contribution in [2.75, 3.05) is 5.75 Å². The van der Waals surface area contributed by atoms with Gasteiger partial charge in [0.25, 0.3) is 5.91 Å². The molecule has 2 aliphatic rings. The lowest BCUT2D eigenvalue weighted by molar-refractivity contribution is -0.245. The van der Waals surface area contributed by atoms with Crippen LogP contribution in [0.1, 0.15) is 63.4 Å². The number of rotatable bonds is 13. The summed E-state index contributed by atoms with van der Waals surface area (Å²) >= 11 is 1.32. The van der Waals surface area contributed by atoms with Gasteiger partial charge in [0, 0.05) is 23.9 Å². The molecule has 2 aliphatic heterocycles. The number of alkyl carbamates (subject to hydrolysis) is 1. The molecule has 12 nitrogen and oxygen atoms in total. The van der Waals surface area contributed by atoms with Gasteiger partial charge in [-0.2, -0.15) is 0 Å². The number of thioether (sulfide) groups is 1. The van der Waals surface area contributed by atoms with Gasteiger partial charge in [0.15, 0.2) is 6.29 Å². The second-order valence-electron chi connectivity index (χ2n) is 13.4. The number of carboxylic acids is 1. The van der Waals surface area contributed by atoms with Crippen LogP contribution in [0.2, 0.25) is 0 Å². The summed E-state index contributed by atoms with van der Waals surface area (Å²) in [6.07, 6.45) is -0.277. The van der Waals surface area contributed by atoms with Gasteiger partial charge in [-0.25, -0.2) is 14.6 Å². The minimum atomic E-state index is -1.05. The number of carboxylic acid groups (broad SMARTS) is 1. The molecule has 0 aliphatic carbocycles. The molecule has 2 saturated heterocycles. The van der Waals surface area contributed by atoms with Crippen LogP contribution in [0, 0.1) is 0 Å². The average Bonchev–Trinajstić information content (AvgIpc) is 3.49. The van der Waals surface area contributed by atoms with Crippen LogP contribution in [0.15, 0.2) is 126 Å². The van der Waals surface area contributed by atoms with Crippen LogP contribution in [0.4, 0.5) is 4.79 Å².